The Morgan fingerprint density at radius 3 is 1.68 bits per heavy atom. The number of hydrogen-bond donors (Lipinski definition) is 0. The van der Waals surface area contributed by atoms with Crippen LogP contribution in [0.3, 0.4) is 0 Å². The van der Waals surface area contributed by atoms with Crippen LogP contribution < -0.4 is 20.7 Å². The van der Waals surface area contributed by atoms with E-state index in [0.29, 0.717) is 0 Å². The summed E-state index contributed by atoms with van der Waals surface area (Å²) in [6.45, 7) is 0. The van der Waals surface area contributed by atoms with Crippen molar-refractivity contribution in [1.82, 2.24) is 0 Å². The lowest BCUT2D eigenvalue weighted by Crippen LogP contribution is -2.22. The predicted molar refractivity (Wildman–Crippen MR) is 135 cm³/mol. The van der Waals surface area contributed by atoms with Crippen LogP contribution in [0.1, 0.15) is 0 Å². The maximum atomic E-state index is 5.64. The van der Waals surface area contributed by atoms with Crippen LogP contribution in [0.25, 0.3) is 21.9 Å². The molecule has 150 valence electrons. The molecule has 0 bridgehead atoms. The Labute approximate surface area is 184 Å². The lowest BCUT2D eigenvalue weighted by molar-refractivity contribution is 0.420. The van der Waals surface area contributed by atoms with Gasteiger partial charge < -0.3 is 4.74 Å². The van der Waals surface area contributed by atoms with E-state index < -0.39 is 7.92 Å². The lowest BCUT2D eigenvalue weighted by atomic mass is 9.97. The SMILES string of the molecule is COc1ccc(-c2ccccc2P(c2ccccc2)c2ccccc2)c2ccccc12. The molecule has 5 rings (SSSR count). The molecule has 2 heteroatoms. The average Bonchev–Trinajstić information content (AvgIpc) is 2.85. The maximum absolute atomic E-state index is 5.64. The summed E-state index contributed by atoms with van der Waals surface area (Å²) in [7, 11) is 1.05. The van der Waals surface area contributed by atoms with Gasteiger partial charge in [-0.2, -0.15) is 0 Å². The molecule has 0 amide bonds. The molecule has 0 N–H and O–H groups in total. The maximum Gasteiger partial charge on any atom is 0.126 e. The van der Waals surface area contributed by atoms with Crippen molar-refractivity contribution in [2.45, 2.75) is 0 Å². The predicted octanol–water partition coefficient (Wildman–Crippen LogP) is 6.27. The Balaban J connectivity index is 1.77. The van der Waals surface area contributed by atoms with Crippen molar-refractivity contribution in [3.63, 3.8) is 0 Å². The fourth-order valence-electron chi connectivity index (χ4n) is 4.16. The van der Waals surface area contributed by atoms with Crippen molar-refractivity contribution in [2.24, 2.45) is 0 Å². The van der Waals surface area contributed by atoms with Gasteiger partial charge in [0, 0.05) is 5.39 Å². The molecule has 0 unspecified atom stereocenters. The van der Waals surface area contributed by atoms with Crippen LogP contribution in [0.4, 0.5) is 0 Å². The third kappa shape index (κ3) is 3.74. The van der Waals surface area contributed by atoms with Crippen LogP contribution in [0.5, 0.6) is 5.75 Å². The van der Waals surface area contributed by atoms with Crippen LogP contribution >= 0.6 is 7.92 Å². The molecule has 0 saturated carbocycles. The number of benzene rings is 5. The summed E-state index contributed by atoms with van der Waals surface area (Å²) in [5.74, 6) is 0.908. The molecule has 0 spiro atoms. The Hall–Kier alpha value is -3.41. The van der Waals surface area contributed by atoms with E-state index in [-0.39, 0.29) is 0 Å². The first-order chi connectivity index (χ1) is 15.4. The van der Waals surface area contributed by atoms with E-state index in [1.807, 2.05) is 0 Å². The third-order valence-corrected chi connectivity index (χ3v) is 8.07. The quantitative estimate of drug-likeness (QED) is 0.306. The van der Waals surface area contributed by atoms with Crippen LogP contribution in [-0.2, 0) is 0 Å². The Morgan fingerprint density at radius 2 is 1.03 bits per heavy atom. The van der Waals surface area contributed by atoms with Crippen LogP contribution in [-0.4, -0.2) is 7.11 Å². The van der Waals surface area contributed by atoms with E-state index >= 15 is 0 Å². The number of ether oxygens (including phenoxy) is 1. The highest BCUT2D eigenvalue weighted by Gasteiger charge is 2.21. The fraction of sp³-hybridized carbons (Fsp3) is 0.0345. The second-order valence-electron chi connectivity index (χ2n) is 7.38. The zero-order chi connectivity index (χ0) is 21.0. The molecule has 0 aliphatic rings. The zero-order valence-electron chi connectivity index (χ0n) is 17.4. The smallest absolute Gasteiger partial charge is 0.126 e. The number of fused-ring (bicyclic) bond motifs is 1. The molecule has 0 fully saturated rings. The minimum Gasteiger partial charge on any atom is -0.496 e. The van der Waals surface area contributed by atoms with Crippen molar-refractivity contribution in [2.75, 3.05) is 7.11 Å². The van der Waals surface area contributed by atoms with Gasteiger partial charge in [0.15, 0.2) is 0 Å². The van der Waals surface area contributed by atoms with Gasteiger partial charge in [0.1, 0.15) is 5.75 Å². The molecular formula is C29H23OP. The second kappa shape index (κ2) is 8.76. The van der Waals surface area contributed by atoms with Gasteiger partial charge in [-0.1, -0.05) is 115 Å². The normalized spacial score (nSPS) is 11.0. The van der Waals surface area contributed by atoms with Crippen molar-refractivity contribution in [3.8, 4) is 16.9 Å². The monoisotopic (exact) mass is 418 g/mol. The van der Waals surface area contributed by atoms with Crippen molar-refractivity contribution < 1.29 is 4.74 Å². The first-order valence-electron chi connectivity index (χ1n) is 10.4. The van der Waals surface area contributed by atoms with Gasteiger partial charge in [0.2, 0.25) is 0 Å². The highest BCUT2D eigenvalue weighted by Crippen LogP contribution is 2.40. The second-order valence-corrected chi connectivity index (χ2v) is 9.57. The highest BCUT2D eigenvalue weighted by atomic mass is 31.1. The highest BCUT2D eigenvalue weighted by molar-refractivity contribution is 7.80. The summed E-state index contributed by atoms with van der Waals surface area (Å²) >= 11 is 0. The molecule has 5 aromatic rings. The van der Waals surface area contributed by atoms with E-state index in [4.69, 9.17) is 4.74 Å². The standard InChI is InChI=1S/C29H23OP/c1-30-28-21-20-25(24-16-8-9-17-26(24)28)27-18-10-11-19-29(27)31(22-12-4-2-5-13-22)23-14-6-3-7-15-23/h2-21H,1H3. The molecule has 5 aromatic carbocycles. The van der Waals surface area contributed by atoms with Gasteiger partial charge in [-0.05, 0) is 46.4 Å². The molecule has 1 nitrogen and oxygen atoms in total. The molecule has 0 aromatic heterocycles. The van der Waals surface area contributed by atoms with Crippen molar-refractivity contribution in [3.05, 3.63) is 121 Å². The molecule has 0 atom stereocenters. The summed E-state index contributed by atoms with van der Waals surface area (Å²) < 4.78 is 5.64. The van der Waals surface area contributed by atoms with Crippen LogP contribution in [0.2, 0.25) is 0 Å². The van der Waals surface area contributed by atoms with Gasteiger partial charge in [-0.3, -0.25) is 0 Å². The van der Waals surface area contributed by atoms with E-state index in [1.165, 1.54) is 32.4 Å². The Morgan fingerprint density at radius 1 is 0.484 bits per heavy atom. The van der Waals surface area contributed by atoms with E-state index in [0.717, 1.165) is 11.1 Å². The zero-order valence-corrected chi connectivity index (χ0v) is 18.3. The first kappa shape index (κ1) is 19.5. The fourth-order valence-corrected chi connectivity index (χ4v) is 6.63. The number of hydrogen-bond acceptors (Lipinski definition) is 1. The summed E-state index contributed by atoms with van der Waals surface area (Å²) in [6.07, 6.45) is 0. The first-order valence-corrected chi connectivity index (χ1v) is 11.8. The summed E-state index contributed by atoms with van der Waals surface area (Å²) in [6, 6.07) is 43.4. The molecule has 0 heterocycles. The molecule has 0 saturated heterocycles. The summed E-state index contributed by atoms with van der Waals surface area (Å²) in [4.78, 5) is 0. The molecular weight excluding hydrogens is 395 g/mol. The van der Waals surface area contributed by atoms with Gasteiger partial charge in [0.25, 0.3) is 0 Å². The minimum absolute atomic E-state index is 0.688. The van der Waals surface area contributed by atoms with E-state index in [9.17, 15) is 0 Å². The van der Waals surface area contributed by atoms with Crippen LogP contribution in [0.15, 0.2) is 121 Å². The molecule has 0 aliphatic carbocycles. The Kier molecular flexibility index (Phi) is 5.52. The van der Waals surface area contributed by atoms with Crippen molar-refractivity contribution in [1.29, 1.82) is 0 Å². The van der Waals surface area contributed by atoms with Gasteiger partial charge in [0.05, 0.1) is 7.11 Å². The van der Waals surface area contributed by atoms with Crippen LogP contribution in [0, 0.1) is 0 Å². The summed E-state index contributed by atoms with van der Waals surface area (Å²) in [5, 5.41) is 6.43. The molecule has 31 heavy (non-hydrogen) atoms. The van der Waals surface area contributed by atoms with E-state index in [2.05, 4.69) is 121 Å². The third-order valence-electron chi connectivity index (χ3n) is 5.57. The lowest BCUT2D eigenvalue weighted by Gasteiger charge is -2.23. The topological polar surface area (TPSA) is 9.23 Å². The van der Waals surface area contributed by atoms with Gasteiger partial charge in [-0.25, -0.2) is 0 Å². The largest absolute Gasteiger partial charge is 0.496 e. The van der Waals surface area contributed by atoms with Gasteiger partial charge in [-0.15, -0.1) is 0 Å². The molecule has 0 aliphatic heterocycles. The van der Waals surface area contributed by atoms with E-state index in [1.54, 1.807) is 7.11 Å². The minimum atomic E-state index is -0.688. The Bertz CT molecular complexity index is 1270. The number of methoxy groups -OCH3 is 1. The number of rotatable bonds is 5. The average molecular weight is 418 g/mol. The van der Waals surface area contributed by atoms with Crippen molar-refractivity contribution >= 4 is 34.6 Å². The molecule has 0 radical (unpaired) electrons. The van der Waals surface area contributed by atoms with Gasteiger partial charge >= 0.3 is 0 Å². The summed E-state index contributed by atoms with van der Waals surface area (Å²) in [5.41, 5.74) is 2.52.